The first-order chi connectivity index (χ1) is 9.06. The van der Waals surface area contributed by atoms with Gasteiger partial charge in [0.25, 0.3) is 0 Å². The maximum Gasteiger partial charge on any atom is 0.407 e. The lowest BCUT2D eigenvalue weighted by molar-refractivity contribution is 0.126. The monoisotopic (exact) mass is 283 g/mol. The molecule has 19 heavy (non-hydrogen) atoms. The molecule has 0 aromatic heterocycles. The molecule has 0 fully saturated rings. The molecule has 1 unspecified atom stereocenters. The van der Waals surface area contributed by atoms with Crippen molar-refractivity contribution in [2.45, 2.75) is 26.3 Å². The zero-order valence-electron chi connectivity index (χ0n) is 11.1. The molecule has 0 spiro atoms. The van der Waals surface area contributed by atoms with Crippen molar-refractivity contribution in [1.29, 1.82) is 0 Å². The van der Waals surface area contributed by atoms with E-state index < -0.39 is 6.09 Å². The van der Waals surface area contributed by atoms with Gasteiger partial charge in [-0.25, -0.2) is 4.79 Å². The topological polar surface area (TPSA) is 47.6 Å². The Balaban J connectivity index is 2.03. The van der Waals surface area contributed by atoms with E-state index in [0.29, 0.717) is 30.6 Å². The minimum absolute atomic E-state index is 0.109. The first-order valence-corrected chi connectivity index (χ1v) is 6.79. The van der Waals surface area contributed by atoms with Crippen LogP contribution in [0.1, 0.15) is 31.9 Å². The number of nitrogens with one attached hydrogen (secondary N) is 1. The second kappa shape index (κ2) is 6.15. The molecule has 2 rings (SSSR count). The highest BCUT2D eigenvalue weighted by molar-refractivity contribution is 6.30. The molecule has 5 heteroatoms. The van der Waals surface area contributed by atoms with E-state index in [0.717, 1.165) is 11.3 Å². The van der Waals surface area contributed by atoms with Gasteiger partial charge in [0, 0.05) is 17.0 Å². The third-order valence-corrected chi connectivity index (χ3v) is 3.09. The van der Waals surface area contributed by atoms with Crippen LogP contribution < -0.4 is 10.1 Å². The zero-order chi connectivity index (χ0) is 13.8. The molecular formula is C14H18ClNO3. The standard InChI is InChI=1S/C14H18ClNO3/c1-9(2)8-19-14(17)16-12-5-6-18-13-4-3-10(15)7-11(12)13/h3-4,7,9,12H,5-6,8H2,1-2H3,(H,16,17). The highest BCUT2D eigenvalue weighted by Gasteiger charge is 2.23. The molecule has 0 saturated heterocycles. The van der Waals surface area contributed by atoms with Crippen LogP contribution in [0.15, 0.2) is 18.2 Å². The Morgan fingerprint density at radius 2 is 2.37 bits per heavy atom. The lowest BCUT2D eigenvalue weighted by Gasteiger charge is -2.26. The lowest BCUT2D eigenvalue weighted by Crippen LogP contribution is -2.33. The van der Waals surface area contributed by atoms with E-state index in [-0.39, 0.29) is 6.04 Å². The third-order valence-electron chi connectivity index (χ3n) is 2.85. The highest BCUT2D eigenvalue weighted by Crippen LogP contribution is 2.33. The summed E-state index contributed by atoms with van der Waals surface area (Å²) in [5.41, 5.74) is 0.903. The largest absolute Gasteiger partial charge is 0.493 e. The molecule has 104 valence electrons. The van der Waals surface area contributed by atoms with E-state index in [2.05, 4.69) is 5.32 Å². The minimum Gasteiger partial charge on any atom is -0.493 e. The predicted octanol–water partition coefficient (Wildman–Crippen LogP) is 3.55. The molecule has 1 N–H and O–H groups in total. The minimum atomic E-state index is -0.397. The van der Waals surface area contributed by atoms with Crippen molar-refractivity contribution in [2.24, 2.45) is 5.92 Å². The molecule has 1 atom stereocenters. The van der Waals surface area contributed by atoms with Gasteiger partial charge in [0.2, 0.25) is 0 Å². The van der Waals surface area contributed by atoms with Gasteiger partial charge >= 0.3 is 6.09 Å². The van der Waals surface area contributed by atoms with Crippen LogP contribution in [-0.2, 0) is 4.74 Å². The van der Waals surface area contributed by atoms with Gasteiger partial charge in [0.05, 0.1) is 19.3 Å². The van der Waals surface area contributed by atoms with Crippen molar-refractivity contribution in [2.75, 3.05) is 13.2 Å². The highest BCUT2D eigenvalue weighted by atomic mass is 35.5. The Hall–Kier alpha value is -1.42. The summed E-state index contributed by atoms with van der Waals surface area (Å²) in [7, 11) is 0. The molecule has 0 radical (unpaired) electrons. The van der Waals surface area contributed by atoms with Gasteiger partial charge < -0.3 is 14.8 Å². The smallest absolute Gasteiger partial charge is 0.407 e. The fourth-order valence-electron chi connectivity index (χ4n) is 1.94. The number of hydrogen-bond acceptors (Lipinski definition) is 3. The van der Waals surface area contributed by atoms with Gasteiger partial charge in [-0.3, -0.25) is 0 Å². The number of ether oxygens (including phenoxy) is 2. The third kappa shape index (κ3) is 3.77. The number of hydrogen-bond donors (Lipinski definition) is 1. The second-order valence-corrected chi connectivity index (χ2v) is 5.44. The second-order valence-electron chi connectivity index (χ2n) is 5.01. The fourth-order valence-corrected chi connectivity index (χ4v) is 2.12. The maximum atomic E-state index is 11.7. The van der Waals surface area contributed by atoms with Crippen LogP contribution in [0.2, 0.25) is 5.02 Å². The van der Waals surface area contributed by atoms with Gasteiger partial charge in [-0.1, -0.05) is 25.4 Å². The molecule has 1 aliphatic rings. The van der Waals surface area contributed by atoms with E-state index in [4.69, 9.17) is 21.1 Å². The van der Waals surface area contributed by atoms with E-state index in [1.54, 1.807) is 6.07 Å². The quantitative estimate of drug-likeness (QED) is 0.923. The number of amides is 1. The van der Waals surface area contributed by atoms with Crippen LogP contribution >= 0.6 is 11.6 Å². The summed E-state index contributed by atoms with van der Waals surface area (Å²) in [5.74, 6) is 1.09. The van der Waals surface area contributed by atoms with Crippen molar-refractivity contribution >= 4 is 17.7 Å². The predicted molar refractivity (Wildman–Crippen MR) is 73.6 cm³/mol. The van der Waals surface area contributed by atoms with Crippen LogP contribution in [-0.4, -0.2) is 19.3 Å². The van der Waals surface area contributed by atoms with Crippen molar-refractivity contribution in [3.63, 3.8) is 0 Å². The van der Waals surface area contributed by atoms with Crippen molar-refractivity contribution < 1.29 is 14.3 Å². The summed E-state index contributed by atoms with van der Waals surface area (Å²) in [6.07, 6.45) is 0.316. The number of carbonyl (C=O) groups excluding carboxylic acids is 1. The summed E-state index contributed by atoms with van der Waals surface area (Å²) in [4.78, 5) is 11.7. The molecule has 0 bridgehead atoms. The van der Waals surface area contributed by atoms with Gasteiger partial charge in [-0.05, 0) is 24.1 Å². The number of halogens is 1. The van der Waals surface area contributed by atoms with E-state index >= 15 is 0 Å². The molecule has 1 aromatic carbocycles. The van der Waals surface area contributed by atoms with Gasteiger partial charge in [0.1, 0.15) is 5.75 Å². The first kappa shape index (κ1) is 14.0. The van der Waals surface area contributed by atoms with E-state index in [9.17, 15) is 4.79 Å². The molecule has 1 heterocycles. The molecule has 0 aliphatic carbocycles. The Labute approximate surface area is 118 Å². The maximum absolute atomic E-state index is 11.7. The summed E-state index contributed by atoms with van der Waals surface area (Å²) in [6, 6.07) is 5.32. The number of benzene rings is 1. The molecular weight excluding hydrogens is 266 g/mol. The molecule has 1 amide bonds. The Morgan fingerprint density at radius 3 is 3.11 bits per heavy atom. The number of carbonyl (C=O) groups is 1. The summed E-state index contributed by atoms with van der Waals surface area (Å²) in [6.45, 7) is 4.98. The first-order valence-electron chi connectivity index (χ1n) is 6.42. The number of fused-ring (bicyclic) bond motifs is 1. The van der Waals surface area contributed by atoms with Crippen molar-refractivity contribution in [3.8, 4) is 5.75 Å². The van der Waals surface area contributed by atoms with E-state index in [1.807, 2.05) is 26.0 Å². The molecule has 0 saturated carbocycles. The van der Waals surface area contributed by atoms with E-state index in [1.165, 1.54) is 0 Å². The lowest BCUT2D eigenvalue weighted by atomic mass is 10.0. The Bertz CT molecular complexity index is 462. The van der Waals surface area contributed by atoms with Crippen LogP contribution in [0.4, 0.5) is 4.79 Å². The summed E-state index contributed by atoms with van der Waals surface area (Å²) in [5, 5.41) is 3.49. The van der Waals surface area contributed by atoms with Gasteiger partial charge in [-0.15, -0.1) is 0 Å². The SMILES string of the molecule is CC(C)COC(=O)NC1CCOc2ccc(Cl)cc21. The van der Waals surface area contributed by atoms with Crippen molar-refractivity contribution in [1.82, 2.24) is 5.32 Å². The Morgan fingerprint density at radius 1 is 1.58 bits per heavy atom. The number of alkyl carbamates (subject to hydrolysis) is 1. The Kier molecular flexibility index (Phi) is 4.53. The van der Waals surface area contributed by atoms with Gasteiger partial charge in [0.15, 0.2) is 0 Å². The molecule has 1 aliphatic heterocycles. The van der Waals surface area contributed by atoms with Gasteiger partial charge in [-0.2, -0.15) is 0 Å². The van der Waals surface area contributed by atoms with Crippen LogP contribution in [0.5, 0.6) is 5.75 Å². The van der Waals surface area contributed by atoms with Crippen LogP contribution in [0.3, 0.4) is 0 Å². The normalized spacial score (nSPS) is 17.6. The molecule has 4 nitrogen and oxygen atoms in total. The average molecular weight is 284 g/mol. The summed E-state index contributed by atoms with van der Waals surface area (Å²) < 4.78 is 10.7. The van der Waals surface area contributed by atoms with Crippen LogP contribution in [0, 0.1) is 5.92 Å². The zero-order valence-corrected chi connectivity index (χ0v) is 11.9. The summed E-state index contributed by atoms with van der Waals surface area (Å²) >= 11 is 5.98. The fraction of sp³-hybridized carbons (Fsp3) is 0.500. The average Bonchev–Trinajstić information content (AvgIpc) is 2.37. The molecule has 1 aromatic rings. The van der Waals surface area contributed by atoms with Crippen molar-refractivity contribution in [3.05, 3.63) is 28.8 Å². The van der Waals surface area contributed by atoms with Crippen LogP contribution in [0.25, 0.3) is 0 Å². The number of rotatable bonds is 3.